The molecule has 17 heteroatoms. The predicted molar refractivity (Wildman–Crippen MR) is 149 cm³/mol. The third kappa shape index (κ3) is 4.90. The van der Waals surface area contributed by atoms with Crippen LogP contribution in [-0.2, 0) is 25.7 Å². The Morgan fingerprint density at radius 3 is 2.36 bits per heavy atom. The van der Waals surface area contributed by atoms with Crippen molar-refractivity contribution in [3.63, 3.8) is 0 Å². The monoisotopic (exact) mass is 612 g/mol. The molecule has 0 saturated heterocycles. The Morgan fingerprint density at radius 2 is 1.76 bits per heavy atom. The summed E-state index contributed by atoms with van der Waals surface area (Å²) in [4.78, 5) is 3.25. The third-order valence-electron chi connectivity index (χ3n) is 6.41. The van der Waals surface area contributed by atoms with E-state index in [2.05, 4.69) is 25.4 Å². The minimum absolute atomic E-state index is 0.0978. The van der Waals surface area contributed by atoms with Crippen LogP contribution in [0.1, 0.15) is 37.7 Å². The van der Waals surface area contributed by atoms with Gasteiger partial charge in [0.1, 0.15) is 22.3 Å². The average molecular weight is 613 g/mol. The van der Waals surface area contributed by atoms with Gasteiger partial charge in [-0.25, -0.2) is 14.2 Å². The lowest BCUT2D eigenvalue weighted by atomic mass is 9.91. The fraction of sp³-hybridized carbons (Fsp3) is 0.240. The zero-order valence-corrected chi connectivity index (χ0v) is 24.5. The van der Waals surface area contributed by atoms with Gasteiger partial charge in [0.15, 0.2) is 17.2 Å². The lowest BCUT2D eigenvalue weighted by Gasteiger charge is -2.16. The van der Waals surface area contributed by atoms with E-state index >= 15 is 0 Å². The predicted octanol–water partition coefficient (Wildman–Crippen LogP) is 4.40. The Labute approximate surface area is 239 Å². The molecule has 0 unspecified atom stereocenters. The highest BCUT2D eigenvalue weighted by atomic mass is 32.2. The molecule has 0 aliphatic heterocycles. The first kappa shape index (κ1) is 28.9. The molecular formula is C25H24N8O7S2. The van der Waals surface area contributed by atoms with Crippen molar-refractivity contribution in [3.05, 3.63) is 53.3 Å². The molecule has 0 radical (unpaired) electrons. The van der Waals surface area contributed by atoms with Gasteiger partial charge in [0.2, 0.25) is 0 Å². The van der Waals surface area contributed by atoms with Crippen LogP contribution in [0.3, 0.4) is 0 Å². The van der Waals surface area contributed by atoms with E-state index < -0.39 is 41.1 Å². The molecule has 218 valence electrons. The zero-order chi connectivity index (χ0) is 30.8. The number of aromatic nitrogens is 5. The zero-order valence-electron chi connectivity index (χ0n) is 22.8. The molecule has 0 spiro atoms. The van der Waals surface area contributed by atoms with Gasteiger partial charge in [-0.15, -0.1) is 10.2 Å². The van der Waals surface area contributed by atoms with Crippen LogP contribution in [0.5, 0.6) is 5.75 Å². The number of ether oxygens (including phenoxy) is 1. The molecule has 2 aromatic carbocycles. The highest BCUT2D eigenvalue weighted by Gasteiger charge is 2.28. The maximum absolute atomic E-state index is 12.2. The van der Waals surface area contributed by atoms with E-state index in [1.165, 1.54) is 6.92 Å². The van der Waals surface area contributed by atoms with Crippen LogP contribution in [-0.4, -0.2) is 57.4 Å². The fourth-order valence-electron chi connectivity index (χ4n) is 4.39. The first-order chi connectivity index (χ1) is 19.5. The van der Waals surface area contributed by atoms with Gasteiger partial charge in [-0.3, -0.25) is 14.2 Å². The second-order valence-corrected chi connectivity index (χ2v) is 13.1. The second-order valence-electron chi connectivity index (χ2n) is 10.3. The number of hydrogen-bond donors (Lipinski definition) is 3. The SMILES string of the molecule is COc1ccc2nc3c(N=Nc4c(C#N)c(C)nn4-c4cc(S(=O)(=O)O)ccc4S(=O)(=O)O)c(C(C)(C)C)[nH]n3c2c1. The number of nitrogens with one attached hydrogen (secondary N) is 1. The van der Waals surface area contributed by atoms with Crippen LogP contribution in [0.15, 0.2) is 56.4 Å². The van der Waals surface area contributed by atoms with Crippen molar-refractivity contribution in [2.24, 2.45) is 10.2 Å². The topological polar surface area (TPSA) is 217 Å². The summed E-state index contributed by atoms with van der Waals surface area (Å²) in [6.07, 6.45) is 0. The van der Waals surface area contributed by atoms with Crippen molar-refractivity contribution in [1.82, 2.24) is 24.4 Å². The number of benzene rings is 2. The van der Waals surface area contributed by atoms with Crippen molar-refractivity contribution in [2.45, 2.75) is 42.9 Å². The van der Waals surface area contributed by atoms with Gasteiger partial charge in [-0.05, 0) is 37.3 Å². The summed E-state index contributed by atoms with van der Waals surface area (Å²) in [7, 11) is -8.17. The number of H-pyrrole nitrogens is 1. The van der Waals surface area contributed by atoms with Gasteiger partial charge in [-0.2, -0.15) is 27.2 Å². The van der Waals surface area contributed by atoms with E-state index in [1.807, 2.05) is 26.8 Å². The van der Waals surface area contributed by atoms with Crippen LogP contribution < -0.4 is 4.74 Å². The Balaban J connectivity index is 1.80. The smallest absolute Gasteiger partial charge is 0.296 e. The highest BCUT2D eigenvalue weighted by Crippen LogP contribution is 2.38. The second kappa shape index (κ2) is 9.73. The van der Waals surface area contributed by atoms with Gasteiger partial charge >= 0.3 is 0 Å². The summed E-state index contributed by atoms with van der Waals surface area (Å²) in [5.74, 6) is 0.351. The summed E-state index contributed by atoms with van der Waals surface area (Å²) >= 11 is 0. The van der Waals surface area contributed by atoms with Crippen LogP contribution >= 0.6 is 0 Å². The Hall–Kier alpha value is -4.63. The standard InChI is InChI=1S/C25H24N8O7S2/c1-13-16(12-26)23(33(30-13)19-11-15(41(34,35)36)7-9-20(19)42(37,38)39)29-28-21-22(25(2,3)4)31-32-18-10-14(40-5)6-8-17(18)27-24(21)32/h6-11,31H,1-5H3,(H,34,35,36)(H,37,38,39). The van der Waals surface area contributed by atoms with E-state index in [0.717, 1.165) is 22.9 Å². The third-order valence-corrected chi connectivity index (χ3v) is 8.16. The molecule has 0 aliphatic carbocycles. The van der Waals surface area contributed by atoms with Crippen molar-refractivity contribution in [1.29, 1.82) is 5.26 Å². The normalized spacial score (nSPS) is 12.9. The number of imidazole rings is 1. The molecule has 42 heavy (non-hydrogen) atoms. The van der Waals surface area contributed by atoms with Crippen LogP contribution in [0.4, 0.5) is 11.5 Å². The molecule has 0 saturated carbocycles. The average Bonchev–Trinajstić information content (AvgIpc) is 3.54. The fourth-order valence-corrected chi connectivity index (χ4v) is 5.54. The van der Waals surface area contributed by atoms with E-state index in [4.69, 9.17) is 4.74 Å². The van der Waals surface area contributed by atoms with Crippen molar-refractivity contribution >= 4 is 48.4 Å². The van der Waals surface area contributed by atoms with Crippen LogP contribution in [0.2, 0.25) is 0 Å². The molecule has 0 aliphatic rings. The number of methoxy groups -OCH3 is 1. The molecular weight excluding hydrogens is 588 g/mol. The molecule has 3 N–H and O–H groups in total. The molecule has 3 heterocycles. The minimum Gasteiger partial charge on any atom is -0.497 e. The Bertz CT molecular complexity index is 2200. The highest BCUT2D eigenvalue weighted by molar-refractivity contribution is 7.86. The van der Waals surface area contributed by atoms with Gasteiger partial charge in [0.25, 0.3) is 20.2 Å². The summed E-state index contributed by atoms with van der Waals surface area (Å²) < 4.78 is 75.4. The number of aryl methyl sites for hydroxylation is 1. The number of aromatic amines is 1. The quantitative estimate of drug-likeness (QED) is 0.181. The minimum atomic E-state index is -4.93. The summed E-state index contributed by atoms with van der Waals surface area (Å²) in [5, 5.41) is 26.1. The summed E-state index contributed by atoms with van der Waals surface area (Å²) in [5.41, 5.74) is 1.72. The van der Waals surface area contributed by atoms with Gasteiger partial charge < -0.3 is 4.74 Å². The Kier molecular flexibility index (Phi) is 6.69. The van der Waals surface area contributed by atoms with Crippen molar-refractivity contribution < 1.29 is 30.7 Å². The lowest BCUT2D eigenvalue weighted by Crippen LogP contribution is -2.12. The number of nitrogens with zero attached hydrogens (tertiary/aromatic N) is 7. The first-order valence-electron chi connectivity index (χ1n) is 12.1. The number of nitriles is 1. The van der Waals surface area contributed by atoms with E-state index in [9.17, 15) is 31.2 Å². The van der Waals surface area contributed by atoms with E-state index in [-0.39, 0.29) is 17.1 Å². The molecule has 0 fully saturated rings. The van der Waals surface area contributed by atoms with E-state index in [1.54, 1.807) is 29.8 Å². The molecule has 0 atom stereocenters. The molecule has 0 amide bonds. The van der Waals surface area contributed by atoms with Crippen molar-refractivity contribution in [2.75, 3.05) is 7.11 Å². The van der Waals surface area contributed by atoms with Crippen LogP contribution in [0.25, 0.3) is 22.4 Å². The number of fused-ring (bicyclic) bond motifs is 3. The first-order valence-corrected chi connectivity index (χ1v) is 15.0. The summed E-state index contributed by atoms with van der Waals surface area (Å²) in [6, 6.07) is 9.65. The lowest BCUT2D eigenvalue weighted by molar-refractivity contribution is 0.415. The maximum Gasteiger partial charge on any atom is 0.296 e. The molecule has 3 aromatic heterocycles. The van der Waals surface area contributed by atoms with Crippen molar-refractivity contribution in [3.8, 4) is 17.5 Å². The van der Waals surface area contributed by atoms with E-state index in [0.29, 0.717) is 33.8 Å². The van der Waals surface area contributed by atoms with Gasteiger partial charge in [0, 0.05) is 11.5 Å². The Morgan fingerprint density at radius 1 is 1.05 bits per heavy atom. The number of rotatable bonds is 6. The van der Waals surface area contributed by atoms with Gasteiger partial charge in [0.05, 0.1) is 40.1 Å². The molecule has 15 nitrogen and oxygen atoms in total. The van der Waals surface area contributed by atoms with Gasteiger partial charge in [-0.1, -0.05) is 20.8 Å². The summed E-state index contributed by atoms with van der Waals surface area (Å²) in [6.45, 7) is 7.27. The largest absolute Gasteiger partial charge is 0.497 e. The number of hydrogen-bond acceptors (Lipinski definition) is 10. The molecule has 5 rings (SSSR count). The number of azo groups is 1. The molecule has 0 bridgehead atoms. The van der Waals surface area contributed by atoms with Crippen LogP contribution in [0, 0.1) is 18.3 Å². The molecule has 5 aromatic rings. The maximum atomic E-state index is 12.2.